The minimum Gasteiger partial charge on any atom is -0.481 e. The summed E-state index contributed by atoms with van der Waals surface area (Å²) in [5.41, 5.74) is 13.5. The topological polar surface area (TPSA) is 166 Å². The lowest BCUT2D eigenvalue weighted by Crippen LogP contribution is -2.22. The first-order chi connectivity index (χ1) is 22.8. The molecular weight excluding hydrogens is 594 g/mol. The van der Waals surface area contributed by atoms with Gasteiger partial charge >= 0.3 is 0 Å². The van der Waals surface area contributed by atoms with Crippen LogP contribution in [0.3, 0.4) is 0 Å². The van der Waals surface area contributed by atoms with Crippen LogP contribution in [0.4, 0.5) is 5.69 Å². The van der Waals surface area contributed by atoms with Gasteiger partial charge in [-0.1, -0.05) is 60.7 Å². The summed E-state index contributed by atoms with van der Waals surface area (Å²) in [6, 6.07) is 30.6. The van der Waals surface area contributed by atoms with Crippen LogP contribution in [-0.2, 0) is 24.4 Å². The van der Waals surface area contributed by atoms with Crippen molar-refractivity contribution in [3.05, 3.63) is 119 Å². The van der Waals surface area contributed by atoms with Gasteiger partial charge in [0.25, 0.3) is 17.5 Å². The predicted molar refractivity (Wildman–Crippen MR) is 184 cm³/mol. The van der Waals surface area contributed by atoms with E-state index in [1.807, 2.05) is 18.3 Å². The van der Waals surface area contributed by atoms with Crippen molar-refractivity contribution in [3.8, 4) is 17.3 Å². The normalized spacial score (nSPS) is 11.1. The van der Waals surface area contributed by atoms with Crippen LogP contribution in [0.15, 0.2) is 102 Å². The van der Waals surface area contributed by atoms with Gasteiger partial charge in [-0.15, -0.1) is 0 Å². The van der Waals surface area contributed by atoms with Gasteiger partial charge < -0.3 is 35.4 Å². The molecule has 11 nitrogen and oxygen atoms in total. The number of benzene rings is 4. The summed E-state index contributed by atoms with van der Waals surface area (Å²) in [7, 11) is 0. The van der Waals surface area contributed by atoms with Crippen molar-refractivity contribution >= 4 is 44.6 Å². The quantitative estimate of drug-likeness (QED) is 0.134. The van der Waals surface area contributed by atoms with Crippen molar-refractivity contribution in [2.75, 3.05) is 11.4 Å². The second-order valence-corrected chi connectivity index (χ2v) is 11.3. The number of nitrogens with zero attached hydrogens (tertiary/aromatic N) is 4. The number of hydrogen-bond acceptors (Lipinski definition) is 7. The van der Waals surface area contributed by atoms with E-state index >= 15 is 0 Å². The number of rotatable bonds is 9. The molecule has 11 heteroatoms. The molecule has 4 aromatic carbocycles. The Bertz CT molecular complexity index is 2180. The van der Waals surface area contributed by atoms with Gasteiger partial charge in [0.15, 0.2) is 0 Å². The Labute approximate surface area is 270 Å². The van der Waals surface area contributed by atoms with E-state index in [1.165, 1.54) is 11.1 Å². The zero-order chi connectivity index (χ0) is 32.9. The van der Waals surface area contributed by atoms with Gasteiger partial charge in [0.05, 0.1) is 22.1 Å². The van der Waals surface area contributed by atoms with E-state index in [4.69, 9.17) is 20.6 Å². The third-order valence-electron chi connectivity index (χ3n) is 7.80. The number of aromatic hydroxyl groups is 1. The van der Waals surface area contributed by atoms with Gasteiger partial charge in [-0.05, 0) is 54.4 Å². The van der Waals surface area contributed by atoms with E-state index in [9.17, 15) is 9.90 Å². The highest BCUT2D eigenvalue weighted by atomic mass is 16.4. The summed E-state index contributed by atoms with van der Waals surface area (Å²) < 4.78 is 2.15. The van der Waals surface area contributed by atoms with Crippen molar-refractivity contribution in [3.63, 3.8) is 0 Å². The highest BCUT2D eigenvalue weighted by Crippen LogP contribution is 2.33. The number of aliphatic carboxylic acids is 1. The molecule has 0 bridgehead atoms. The van der Waals surface area contributed by atoms with E-state index < -0.39 is 5.97 Å². The molecule has 47 heavy (non-hydrogen) atoms. The molecule has 0 saturated carbocycles. The Balaban J connectivity index is 0.000000915. The highest BCUT2D eigenvalue weighted by molar-refractivity contribution is 5.98. The van der Waals surface area contributed by atoms with Gasteiger partial charge in [-0.3, -0.25) is 9.59 Å². The summed E-state index contributed by atoms with van der Waals surface area (Å²) in [5, 5.41) is 18.2. The molecule has 0 radical (unpaired) electrons. The number of hydrogen-bond donors (Lipinski definition) is 5. The molecule has 0 saturated heterocycles. The Morgan fingerprint density at radius 3 is 2.09 bits per heavy atom. The number of carboxylic acids is 1. The summed E-state index contributed by atoms with van der Waals surface area (Å²) in [6.45, 7) is 3.83. The zero-order valence-corrected chi connectivity index (χ0v) is 25.9. The molecule has 7 rings (SSSR count). The molecule has 6 N–H and O–H groups in total. The molecule has 7 aromatic rings. The maximum atomic E-state index is 13.5. The molecule has 238 valence electrons. The first-order valence-corrected chi connectivity index (χ1v) is 15.3. The number of H-pyrrole nitrogens is 2. The minimum atomic E-state index is -0.833. The Hall–Kier alpha value is -5.94. The van der Waals surface area contributed by atoms with Crippen LogP contribution in [0.1, 0.15) is 24.5 Å². The molecule has 0 fully saturated rings. The fourth-order valence-corrected chi connectivity index (χ4v) is 5.72. The third-order valence-corrected chi connectivity index (χ3v) is 7.80. The molecule has 0 aliphatic heterocycles. The van der Waals surface area contributed by atoms with Crippen LogP contribution in [0.5, 0.6) is 6.01 Å². The number of fused-ring (bicyclic) bond motifs is 3. The predicted octanol–water partition coefficient (Wildman–Crippen LogP) is 5.77. The second-order valence-electron chi connectivity index (χ2n) is 11.3. The maximum Gasteiger partial charge on any atom is 0.300 e. The van der Waals surface area contributed by atoms with Crippen molar-refractivity contribution in [1.29, 1.82) is 0 Å². The van der Waals surface area contributed by atoms with Gasteiger partial charge in [0.1, 0.15) is 5.69 Å². The lowest BCUT2D eigenvalue weighted by atomic mass is 10.1. The summed E-state index contributed by atoms with van der Waals surface area (Å²) >= 11 is 0. The van der Waals surface area contributed by atoms with Crippen LogP contribution >= 0.6 is 0 Å². The maximum absolute atomic E-state index is 13.5. The molecular formula is C36H35N7O4. The average molecular weight is 630 g/mol. The zero-order valence-electron chi connectivity index (χ0n) is 25.9. The van der Waals surface area contributed by atoms with E-state index in [0.29, 0.717) is 34.3 Å². The van der Waals surface area contributed by atoms with Crippen molar-refractivity contribution in [1.82, 2.24) is 24.5 Å². The fraction of sp³-hybridized carbons (Fsp3) is 0.167. The molecule has 0 aliphatic rings. The number of aryl methyl sites for hydroxylation is 1. The van der Waals surface area contributed by atoms with Crippen LogP contribution in [-0.4, -0.2) is 47.2 Å². The fourth-order valence-electron chi connectivity index (χ4n) is 5.72. The van der Waals surface area contributed by atoms with E-state index in [-0.39, 0.29) is 11.6 Å². The van der Waals surface area contributed by atoms with E-state index in [1.54, 1.807) is 12.1 Å². The van der Waals surface area contributed by atoms with Gasteiger partial charge in [0.2, 0.25) is 0 Å². The number of aromatic amines is 2. The summed E-state index contributed by atoms with van der Waals surface area (Å²) in [6.07, 6.45) is 2.81. The Kier molecular flexibility index (Phi) is 8.98. The highest BCUT2D eigenvalue weighted by Gasteiger charge is 2.19. The Morgan fingerprint density at radius 2 is 1.47 bits per heavy atom. The minimum absolute atomic E-state index is 0.182. The lowest BCUT2D eigenvalue weighted by Gasteiger charge is -2.26. The van der Waals surface area contributed by atoms with Crippen molar-refractivity contribution in [2.24, 2.45) is 5.73 Å². The smallest absolute Gasteiger partial charge is 0.300 e. The first kappa shape index (κ1) is 31.1. The molecule has 3 aromatic heterocycles. The van der Waals surface area contributed by atoms with E-state index in [0.717, 1.165) is 55.1 Å². The monoisotopic (exact) mass is 629 g/mol. The standard InChI is InChI=1S/C34H31N7O2.C2H4O2/c35-14-7-15-40-21-26(32-33(42)37-28-18-30-29(17-27(28)36-32)38-34(43)39-30)25-16-24(12-13-31(25)40)41(19-22-8-3-1-4-9-22)20-23-10-5-2-6-11-23;1-2(3)4/h1-6,8-13,16-18,21H,7,14-15,19-20,35H2,(H,37,42)(H2,38,39,43);1H3,(H,3,4). The molecule has 0 unspecified atom stereocenters. The van der Waals surface area contributed by atoms with Crippen LogP contribution in [0.2, 0.25) is 0 Å². The number of carbonyl (C=O) groups is 1. The van der Waals surface area contributed by atoms with Crippen LogP contribution in [0, 0.1) is 0 Å². The van der Waals surface area contributed by atoms with Gasteiger partial charge in [-0.2, -0.15) is 4.98 Å². The van der Waals surface area contributed by atoms with Crippen molar-refractivity contribution < 1.29 is 15.0 Å². The summed E-state index contributed by atoms with van der Waals surface area (Å²) in [4.78, 5) is 39.6. The number of carboxylic acid groups (broad SMARTS) is 1. The number of anilines is 1. The van der Waals surface area contributed by atoms with E-state index in [2.05, 4.69) is 91.1 Å². The number of nitrogens with one attached hydrogen (secondary N) is 2. The average Bonchev–Trinajstić information content (AvgIpc) is 3.61. The molecule has 0 aliphatic carbocycles. The van der Waals surface area contributed by atoms with Crippen molar-refractivity contribution in [2.45, 2.75) is 33.0 Å². The molecule has 0 atom stereocenters. The number of aromatic nitrogens is 5. The van der Waals surface area contributed by atoms with Gasteiger partial charge in [0, 0.05) is 54.9 Å². The number of imidazole rings is 1. The SMILES string of the molecule is CC(=O)O.NCCCn1cc(-c2nc3cc4[nH]c(O)nc4cc3[nH]c2=O)c2cc(N(Cc3ccccc3)Cc3ccccc3)ccc21. The first-order valence-electron chi connectivity index (χ1n) is 15.3. The second kappa shape index (κ2) is 13.6. The molecule has 0 spiro atoms. The summed E-state index contributed by atoms with van der Waals surface area (Å²) in [5.74, 6) is -0.833. The largest absolute Gasteiger partial charge is 0.481 e. The van der Waals surface area contributed by atoms with Crippen LogP contribution < -0.4 is 16.2 Å². The van der Waals surface area contributed by atoms with Gasteiger partial charge in [-0.25, -0.2) is 4.98 Å². The molecule has 0 amide bonds. The Morgan fingerprint density at radius 1 is 0.872 bits per heavy atom. The number of nitrogens with two attached hydrogens (primary N) is 1. The lowest BCUT2D eigenvalue weighted by molar-refractivity contribution is -0.134. The van der Waals surface area contributed by atoms with Crippen LogP contribution in [0.25, 0.3) is 44.2 Å². The molecule has 3 heterocycles. The third kappa shape index (κ3) is 7.00.